The maximum absolute atomic E-state index is 2.59. The summed E-state index contributed by atoms with van der Waals surface area (Å²) >= 11 is 0. The molecule has 0 saturated heterocycles. The zero-order valence-corrected chi connectivity index (χ0v) is 38.6. The van der Waals surface area contributed by atoms with Crippen molar-refractivity contribution in [3.05, 3.63) is 154 Å². The topological polar surface area (TPSA) is 13.0 Å². The average Bonchev–Trinajstić information content (AvgIpc) is 3.29. The molecule has 5 rings (SSSR count). The first-order valence-electron chi connectivity index (χ1n) is 23.7. The van der Waals surface area contributed by atoms with Gasteiger partial charge in [-0.15, -0.1) is 0 Å². The lowest BCUT2D eigenvalue weighted by atomic mass is 9.92. The molecule has 60 heavy (non-hydrogen) atoms. The third kappa shape index (κ3) is 12.1. The van der Waals surface area contributed by atoms with Crippen LogP contribution in [-0.2, 0) is 0 Å². The smallest absolute Gasteiger partial charge is 0.0366 e. The molecule has 5 aromatic rings. The molecule has 0 aliphatic carbocycles. The van der Waals surface area contributed by atoms with Gasteiger partial charge in [0.25, 0.3) is 0 Å². The third-order valence-electron chi connectivity index (χ3n) is 12.2. The van der Waals surface area contributed by atoms with Crippen LogP contribution >= 0.6 is 0 Å². The molecule has 0 radical (unpaired) electrons. The molecular weight excluding hydrogens is 729 g/mol. The maximum atomic E-state index is 2.59. The van der Waals surface area contributed by atoms with Crippen LogP contribution in [0.25, 0.3) is 11.1 Å². The maximum Gasteiger partial charge on any atom is 0.0366 e. The quantitative estimate of drug-likeness (QED) is 0.0616. The van der Waals surface area contributed by atoms with E-state index in [1.807, 2.05) is 0 Å². The van der Waals surface area contributed by atoms with E-state index >= 15 is 0 Å². The molecule has 0 saturated carbocycles. The van der Waals surface area contributed by atoms with E-state index in [0.29, 0.717) is 0 Å². The van der Waals surface area contributed by atoms with Crippen molar-refractivity contribution in [3.63, 3.8) is 0 Å². The molecule has 0 heterocycles. The molecule has 0 spiro atoms. The Kier molecular flexibility index (Phi) is 18.7. The van der Waals surface area contributed by atoms with Gasteiger partial charge in [-0.25, -0.2) is 0 Å². The summed E-state index contributed by atoms with van der Waals surface area (Å²) in [5, 5.41) is 2.45. The Bertz CT molecular complexity index is 1930. The molecule has 0 N–H and O–H groups in total. The van der Waals surface area contributed by atoms with E-state index in [9.17, 15) is 0 Å². The van der Waals surface area contributed by atoms with E-state index in [4.69, 9.17) is 0 Å². The van der Waals surface area contributed by atoms with Gasteiger partial charge in [0.1, 0.15) is 0 Å². The van der Waals surface area contributed by atoms with Gasteiger partial charge >= 0.3 is 0 Å². The highest BCUT2D eigenvalue weighted by Crippen LogP contribution is 2.29. The summed E-state index contributed by atoms with van der Waals surface area (Å²) in [6.45, 7) is 26.5. The van der Waals surface area contributed by atoms with Crippen LogP contribution in [0.15, 0.2) is 121 Å². The molecule has 0 fully saturated rings. The second-order valence-corrected chi connectivity index (χ2v) is 16.2. The number of unbranched alkanes of at least 4 members (excludes halogenated alkanes) is 4. The first-order valence-corrected chi connectivity index (χ1v) is 23.7. The second-order valence-electron chi connectivity index (χ2n) is 16.2. The van der Waals surface area contributed by atoms with Gasteiger partial charge in [-0.3, -0.25) is 0 Å². The molecular formula is C56H76N4. The van der Waals surface area contributed by atoms with E-state index in [2.05, 4.69) is 196 Å². The number of benzene rings is 5. The molecule has 0 amide bonds. The number of hydrogen-bond donors (Lipinski definition) is 0. The van der Waals surface area contributed by atoms with Crippen molar-refractivity contribution in [1.82, 2.24) is 0 Å². The zero-order chi connectivity index (χ0) is 42.7. The van der Waals surface area contributed by atoms with Crippen LogP contribution < -0.4 is 30.0 Å². The van der Waals surface area contributed by atoms with Crippen LogP contribution in [0.2, 0.25) is 0 Å². The standard InChI is InChI=1S/C56H76N4/c1-9-17-41-59(42-18-10-2)53-37-29-49(30-38-53)56(50-31-39-54(40-32-50)60(43-19-11-3)44-20-12-4)46-23-21-45(22-24-46)55(47-25-33-51(34-26-47)57(13-5)14-6)48-27-35-52(36-28-48)58(15-7)16-8/h21-40H,9-20,41-44H2,1-8H3. The van der Waals surface area contributed by atoms with Crippen molar-refractivity contribution in [2.75, 3.05) is 72.0 Å². The molecule has 0 unspecified atom stereocenters. The molecule has 5 aromatic carbocycles. The monoisotopic (exact) mass is 805 g/mol. The fourth-order valence-corrected chi connectivity index (χ4v) is 8.47. The molecule has 0 aliphatic rings. The highest BCUT2D eigenvalue weighted by Gasteiger charge is 2.14. The normalized spacial score (nSPS) is 11.1. The van der Waals surface area contributed by atoms with Crippen molar-refractivity contribution < 1.29 is 0 Å². The molecule has 0 bridgehead atoms. The minimum Gasteiger partial charge on any atom is -0.372 e. The minimum atomic E-state index is 0.997. The Balaban J connectivity index is 1.68. The Morgan fingerprint density at radius 2 is 0.500 bits per heavy atom. The summed E-state index contributed by atoms with van der Waals surface area (Å²) in [5.41, 5.74) is 12.7. The van der Waals surface area contributed by atoms with Gasteiger partial charge in [0.05, 0.1) is 0 Å². The summed E-state index contributed by atoms with van der Waals surface area (Å²) in [6.07, 6.45) is 9.70. The Labute approximate surface area is 365 Å². The highest BCUT2D eigenvalue weighted by molar-refractivity contribution is 5.83. The van der Waals surface area contributed by atoms with Crippen LogP contribution in [0.3, 0.4) is 0 Å². The van der Waals surface area contributed by atoms with Crippen LogP contribution in [-0.4, -0.2) is 52.4 Å². The lowest BCUT2D eigenvalue weighted by Gasteiger charge is -2.25. The van der Waals surface area contributed by atoms with Gasteiger partial charge in [0.15, 0.2) is 0 Å². The number of rotatable bonds is 24. The summed E-state index contributed by atoms with van der Waals surface area (Å²) < 4.78 is 0. The lowest BCUT2D eigenvalue weighted by Crippen LogP contribution is -2.25. The van der Waals surface area contributed by atoms with Crippen LogP contribution in [0.1, 0.15) is 129 Å². The second kappa shape index (κ2) is 24.3. The van der Waals surface area contributed by atoms with Crippen molar-refractivity contribution >= 4 is 33.9 Å². The molecule has 4 nitrogen and oxygen atoms in total. The third-order valence-corrected chi connectivity index (χ3v) is 12.2. The molecule has 320 valence electrons. The summed E-state index contributed by atoms with van der Waals surface area (Å²) in [5.74, 6) is 0. The Morgan fingerprint density at radius 3 is 0.700 bits per heavy atom. The van der Waals surface area contributed by atoms with E-state index in [1.165, 1.54) is 118 Å². The van der Waals surface area contributed by atoms with Gasteiger partial charge in [-0.2, -0.15) is 0 Å². The summed E-state index contributed by atoms with van der Waals surface area (Å²) in [7, 11) is 0. The average molecular weight is 805 g/mol. The Hall–Kier alpha value is -4.96. The van der Waals surface area contributed by atoms with E-state index in [-0.39, 0.29) is 0 Å². The van der Waals surface area contributed by atoms with Crippen LogP contribution in [0, 0.1) is 0 Å². The van der Waals surface area contributed by atoms with Gasteiger partial charge in [-0.05, 0) is 146 Å². The number of hydrogen-bond acceptors (Lipinski definition) is 4. The SMILES string of the molecule is CCCCN(CCCC)c1ccc(C(c2ccc(N(CCCC)CCCC)cc2)=c2ccc(=C(c3ccc(N(CC)CC)cc3)c3ccc(N(CC)CC)cc3)cc2)cc1. The van der Waals surface area contributed by atoms with Gasteiger partial charge < -0.3 is 19.6 Å². The molecule has 0 aliphatic heterocycles. The van der Waals surface area contributed by atoms with Crippen LogP contribution in [0.4, 0.5) is 22.7 Å². The lowest BCUT2D eigenvalue weighted by molar-refractivity contribution is 0.678. The minimum absolute atomic E-state index is 0.997. The highest BCUT2D eigenvalue weighted by atomic mass is 15.1. The number of anilines is 4. The van der Waals surface area contributed by atoms with Gasteiger partial charge in [0.2, 0.25) is 0 Å². The van der Waals surface area contributed by atoms with Crippen molar-refractivity contribution in [2.45, 2.75) is 107 Å². The van der Waals surface area contributed by atoms with E-state index < -0.39 is 0 Å². The van der Waals surface area contributed by atoms with E-state index in [1.54, 1.807) is 0 Å². The Morgan fingerprint density at radius 1 is 0.283 bits per heavy atom. The van der Waals surface area contributed by atoms with Gasteiger partial charge in [0, 0.05) is 75.1 Å². The zero-order valence-electron chi connectivity index (χ0n) is 38.6. The fraction of sp³-hybridized carbons (Fsp3) is 0.429. The fourth-order valence-electron chi connectivity index (χ4n) is 8.47. The van der Waals surface area contributed by atoms with E-state index in [0.717, 1.165) is 52.4 Å². The summed E-state index contributed by atoms with van der Waals surface area (Å²) in [4.78, 5) is 9.99. The largest absolute Gasteiger partial charge is 0.372 e. The molecule has 4 heteroatoms. The predicted octanol–water partition coefficient (Wildman–Crippen LogP) is 12.7. The molecule has 0 aromatic heterocycles. The molecule has 0 atom stereocenters. The van der Waals surface area contributed by atoms with Crippen molar-refractivity contribution in [1.29, 1.82) is 0 Å². The first-order chi connectivity index (χ1) is 29.4. The van der Waals surface area contributed by atoms with Gasteiger partial charge in [-0.1, -0.05) is 126 Å². The predicted molar refractivity (Wildman–Crippen MR) is 266 cm³/mol. The number of nitrogens with zero attached hydrogens (tertiary/aromatic N) is 4. The first kappa shape index (κ1) is 46.1. The van der Waals surface area contributed by atoms with Crippen molar-refractivity contribution in [2.24, 2.45) is 0 Å². The summed E-state index contributed by atoms with van der Waals surface area (Å²) in [6, 6.07) is 46.7. The van der Waals surface area contributed by atoms with Crippen LogP contribution in [0.5, 0.6) is 0 Å². The van der Waals surface area contributed by atoms with Crippen molar-refractivity contribution in [3.8, 4) is 0 Å².